The van der Waals surface area contributed by atoms with Crippen LogP contribution >= 0.6 is 0 Å². The molecule has 2 aromatic carbocycles. The molecule has 3 rings (SSSR count). The van der Waals surface area contributed by atoms with Crippen LogP contribution in [-0.2, 0) is 0 Å². The summed E-state index contributed by atoms with van der Waals surface area (Å²) in [7, 11) is 0. The summed E-state index contributed by atoms with van der Waals surface area (Å²) >= 11 is 0. The second-order valence-electron chi connectivity index (χ2n) is 4.76. The average molecular weight is 326 g/mol. The van der Waals surface area contributed by atoms with E-state index >= 15 is 0 Å². The zero-order chi connectivity index (χ0) is 16.9. The fourth-order valence-electron chi connectivity index (χ4n) is 2.25. The molecule has 0 aliphatic rings. The number of benzene rings is 2. The van der Waals surface area contributed by atoms with E-state index in [4.69, 9.17) is 5.73 Å². The predicted octanol–water partition coefficient (Wildman–Crippen LogP) is 3.27. The number of fused-ring (bicyclic) bond motifs is 1. The molecule has 0 bridgehead atoms. The second kappa shape index (κ2) is 5.08. The minimum atomic E-state index is -1.81. The molecular weight excluding hydrogens is 319 g/mol. The van der Waals surface area contributed by atoms with Crippen molar-refractivity contribution in [1.29, 1.82) is 0 Å². The number of aromatic nitrogens is 1. The van der Waals surface area contributed by atoms with Gasteiger partial charge in [-0.05, 0) is 12.1 Å². The number of hydrogen-bond donors (Lipinski definition) is 1. The van der Waals surface area contributed by atoms with E-state index in [-0.39, 0.29) is 0 Å². The average Bonchev–Trinajstić information content (AvgIpc) is 2.50. The lowest BCUT2D eigenvalue weighted by Gasteiger charge is -2.14. The quantitative estimate of drug-likeness (QED) is 0.424. The van der Waals surface area contributed by atoms with Crippen LogP contribution in [0.5, 0.6) is 0 Å². The van der Waals surface area contributed by atoms with Gasteiger partial charge in [0.15, 0.2) is 22.9 Å². The molecular formula is C15H7F5N2O. The van der Waals surface area contributed by atoms with Gasteiger partial charge in [-0.25, -0.2) is 22.0 Å². The van der Waals surface area contributed by atoms with E-state index < -0.39 is 56.8 Å². The molecule has 0 unspecified atom stereocenters. The van der Waals surface area contributed by atoms with Crippen molar-refractivity contribution in [3.05, 3.63) is 69.8 Å². The largest absolute Gasteiger partial charge is 0.396 e. The fraction of sp³-hybridized carbons (Fsp3) is 0. The number of hydrogen-bond acceptors (Lipinski definition) is 2. The van der Waals surface area contributed by atoms with Crippen molar-refractivity contribution in [3.63, 3.8) is 0 Å². The van der Waals surface area contributed by atoms with Crippen LogP contribution in [-0.4, -0.2) is 4.57 Å². The van der Waals surface area contributed by atoms with E-state index in [1.54, 1.807) is 0 Å². The van der Waals surface area contributed by atoms with Crippen LogP contribution in [0.15, 0.2) is 35.3 Å². The molecule has 3 aromatic rings. The summed E-state index contributed by atoms with van der Waals surface area (Å²) in [6, 6.07) is 2.75. The highest BCUT2D eigenvalue weighted by Gasteiger charge is 2.20. The zero-order valence-corrected chi connectivity index (χ0v) is 11.2. The monoisotopic (exact) mass is 326 g/mol. The molecule has 0 amide bonds. The Kier molecular flexibility index (Phi) is 3.32. The van der Waals surface area contributed by atoms with Gasteiger partial charge in [-0.2, -0.15) is 0 Å². The number of rotatable bonds is 1. The smallest absolute Gasteiger partial charge is 0.196 e. The summed E-state index contributed by atoms with van der Waals surface area (Å²) in [5, 5.41) is -0.494. The van der Waals surface area contributed by atoms with Crippen molar-refractivity contribution >= 4 is 16.6 Å². The normalized spacial score (nSPS) is 11.2. The summed E-state index contributed by atoms with van der Waals surface area (Å²) in [5.41, 5.74) is 3.03. The third-order valence-electron chi connectivity index (χ3n) is 3.34. The van der Waals surface area contributed by atoms with Crippen molar-refractivity contribution in [2.24, 2.45) is 0 Å². The molecule has 0 aliphatic heterocycles. The Hall–Kier alpha value is -2.90. The number of nitrogen functional groups attached to an aromatic ring is 1. The highest BCUT2D eigenvalue weighted by atomic mass is 19.2. The first kappa shape index (κ1) is 15.0. The molecule has 23 heavy (non-hydrogen) atoms. The lowest BCUT2D eigenvalue weighted by Crippen LogP contribution is -2.12. The van der Waals surface area contributed by atoms with E-state index in [9.17, 15) is 26.7 Å². The Labute approximate surface area is 125 Å². The van der Waals surface area contributed by atoms with E-state index in [1.165, 1.54) is 0 Å². The third kappa shape index (κ3) is 2.23. The molecule has 0 spiro atoms. The van der Waals surface area contributed by atoms with Crippen molar-refractivity contribution in [2.75, 3.05) is 5.73 Å². The van der Waals surface area contributed by atoms with Gasteiger partial charge in [-0.3, -0.25) is 4.79 Å². The summed E-state index contributed by atoms with van der Waals surface area (Å²) in [6.07, 6.45) is 0.959. The highest BCUT2D eigenvalue weighted by molar-refractivity contribution is 5.81. The Morgan fingerprint density at radius 1 is 0.870 bits per heavy atom. The molecule has 0 radical (unpaired) electrons. The van der Waals surface area contributed by atoms with E-state index in [1.807, 2.05) is 0 Å². The molecule has 1 aromatic heterocycles. The third-order valence-corrected chi connectivity index (χ3v) is 3.34. The SMILES string of the molecule is Nc1cc(-n2ccc(=O)c3cc(F)c(F)c(F)c32)c(F)cc1F. The van der Waals surface area contributed by atoms with Gasteiger partial charge >= 0.3 is 0 Å². The van der Waals surface area contributed by atoms with Gasteiger partial charge in [0.1, 0.15) is 11.6 Å². The van der Waals surface area contributed by atoms with Gasteiger partial charge in [-0.1, -0.05) is 0 Å². The van der Waals surface area contributed by atoms with Crippen molar-refractivity contribution < 1.29 is 22.0 Å². The number of nitrogens with zero attached hydrogens (tertiary/aromatic N) is 1. The van der Waals surface area contributed by atoms with E-state index in [2.05, 4.69) is 0 Å². The summed E-state index contributed by atoms with van der Waals surface area (Å²) < 4.78 is 68.9. The number of nitrogens with two attached hydrogens (primary N) is 1. The maximum Gasteiger partial charge on any atom is 0.196 e. The number of anilines is 1. The molecule has 0 saturated heterocycles. The van der Waals surface area contributed by atoms with Crippen LogP contribution in [0.4, 0.5) is 27.6 Å². The standard InChI is InChI=1S/C15H7F5N2O/c16-7-4-8(17)11(5-10(7)21)22-2-1-12(23)6-3-9(18)13(19)14(20)15(6)22/h1-5H,21H2. The zero-order valence-electron chi connectivity index (χ0n) is 11.2. The molecule has 2 N–H and O–H groups in total. The Morgan fingerprint density at radius 2 is 1.57 bits per heavy atom. The van der Waals surface area contributed by atoms with Crippen molar-refractivity contribution in [3.8, 4) is 5.69 Å². The van der Waals surface area contributed by atoms with E-state index in [0.29, 0.717) is 12.1 Å². The summed E-state index contributed by atoms with van der Waals surface area (Å²) in [4.78, 5) is 11.7. The predicted molar refractivity (Wildman–Crippen MR) is 73.7 cm³/mol. The Morgan fingerprint density at radius 3 is 2.26 bits per heavy atom. The fourth-order valence-corrected chi connectivity index (χ4v) is 2.25. The molecule has 0 saturated carbocycles. The van der Waals surface area contributed by atoms with Crippen LogP contribution in [0.25, 0.3) is 16.6 Å². The van der Waals surface area contributed by atoms with Crippen LogP contribution in [0, 0.1) is 29.1 Å². The minimum Gasteiger partial charge on any atom is -0.396 e. The Bertz CT molecular complexity index is 1010. The van der Waals surface area contributed by atoms with Gasteiger partial charge in [0.2, 0.25) is 0 Å². The van der Waals surface area contributed by atoms with Gasteiger partial charge in [-0.15, -0.1) is 0 Å². The molecule has 1 heterocycles. The number of pyridine rings is 1. The first-order chi connectivity index (χ1) is 10.8. The first-order valence-corrected chi connectivity index (χ1v) is 6.25. The molecule has 0 fully saturated rings. The van der Waals surface area contributed by atoms with Gasteiger partial charge < -0.3 is 10.3 Å². The number of halogens is 5. The van der Waals surface area contributed by atoms with Crippen LogP contribution in [0.1, 0.15) is 0 Å². The maximum atomic E-state index is 14.1. The topological polar surface area (TPSA) is 48.0 Å². The lowest BCUT2D eigenvalue weighted by atomic mass is 10.1. The first-order valence-electron chi connectivity index (χ1n) is 6.25. The van der Waals surface area contributed by atoms with Crippen LogP contribution in [0.2, 0.25) is 0 Å². The minimum absolute atomic E-state index is 0.418. The molecule has 8 heteroatoms. The molecule has 3 nitrogen and oxygen atoms in total. The highest BCUT2D eigenvalue weighted by Crippen LogP contribution is 2.26. The van der Waals surface area contributed by atoms with Crippen molar-refractivity contribution in [2.45, 2.75) is 0 Å². The summed E-state index contributed by atoms with van der Waals surface area (Å²) in [6.45, 7) is 0. The second-order valence-corrected chi connectivity index (χ2v) is 4.76. The van der Waals surface area contributed by atoms with Crippen LogP contribution in [0.3, 0.4) is 0 Å². The van der Waals surface area contributed by atoms with E-state index in [0.717, 1.165) is 22.9 Å². The Balaban J connectivity index is 2.49. The molecule has 0 atom stereocenters. The lowest BCUT2D eigenvalue weighted by molar-refractivity contribution is 0.451. The summed E-state index contributed by atoms with van der Waals surface area (Å²) in [5.74, 6) is -7.18. The maximum absolute atomic E-state index is 14.1. The van der Waals surface area contributed by atoms with Crippen LogP contribution < -0.4 is 11.2 Å². The van der Waals surface area contributed by atoms with Gasteiger partial charge in [0.05, 0.1) is 22.3 Å². The molecule has 118 valence electrons. The van der Waals surface area contributed by atoms with Gasteiger partial charge in [0.25, 0.3) is 0 Å². The molecule has 0 aliphatic carbocycles. The van der Waals surface area contributed by atoms with Crippen molar-refractivity contribution in [1.82, 2.24) is 4.57 Å². The van der Waals surface area contributed by atoms with Gasteiger partial charge in [0, 0.05) is 18.3 Å².